The summed E-state index contributed by atoms with van der Waals surface area (Å²) in [5.41, 5.74) is 0. The average Bonchev–Trinajstić information content (AvgIpc) is 2.51. The minimum atomic E-state index is -2.61. The molecule has 2 aromatic rings. The van der Waals surface area contributed by atoms with Crippen LogP contribution in [-0.2, 0) is 8.85 Å². The predicted octanol–water partition coefficient (Wildman–Crippen LogP) is 2.09. The van der Waals surface area contributed by atoms with Crippen LogP contribution in [0.15, 0.2) is 73.3 Å². The fraction of sp³-hybridized carbons (Fsp3) is 0.125. The molecule has 3 heteroatoms. The predicted molar refractivity (Wildman–Crippen MR) is 81.1 cm³/mol. The van der Waals surface area contributed by atoms with Gasteiger partial charge in [0.1, 0.15) is 0 Å². The van der Waals surface area contributed by atoms with E-state index < -0.39 is 8.56 Å². The smallest absolute Gasteiger partial charge is 0.391 e. The third-order valence-electron chi connectivity index (χ3n) is 3.00. The van der Waals surface area contributed by atoms with Crippen molar-refractivity contribution in [2.75, 3.05) is 13.7 Å². The Hall–Kier alpha value is -1.68. The minimum absolute atomic E-state index is 0.476. The maximum absolute atomic E-state index is 6.10. The van der Waals surface area contributed by atoms with Crippen molar-refractivity contribution in [3.8, 4) is 0 Å². The molecule has 2 aromatic carbocycles. The van der Waals surface area contributed by atoms with Gasteiger partial charge in [0, 0.05) is 7.11 Å². The molecule has 0 saturated heterocycles. The van der Waals surface area contributed by atoms with Crippen molar-refractivity contribution < 1.29 is 8.85 Å². The molecule has 0 aromatic heterocycles. The first-order valence-electron chi connectivity index (χ1n) is 6.24. The van der Waals surface area contributed by atoms with E-state index in [9.17, 15) is 0 Å². The molecule has 2 rings (SSSR count). The average molecular weight is 270 g/mol. The van der Waals surface area contributed by atoms with Gasteiger partial charge in [0.15, 0.2) is 0 Å². The highest BCUT2D eigenvalue weighted by molar-refractivity contribution is 6.92. The first-order valence-corrected chi connectivity index (χ1v) is 8.06. The van der Waals surface area contributed by atoms with Crippen molar-refractivity contribution in [3.05, 3.63) is 73.3 Å². The van der Waals surface area contributed by atoms with Gasteiger partial charge in [-0.15, -0.1) is 6.58 Å². The van der Waals surface area contributed by atoms with Gasteiger partial charge in [-0.3, -0.25) is 0 Å². The Balaban J connectivity index is 2.51. The molecule has 2 nitrogen and oxygen atoms in total. The van der Waals surface area contributed by atoms with Crippen LogP contribution in [0.3, 0.4) is 0 Å². The standard InChI is InChI=1S/C16H18O2Si/c1-3-14-18-19(17-2,15-10-6-4-7-11-15)16-12-8-5-9-13-16/h3-13H,1,14H2,2H3. The Morgan fingerprint density at radius 3 is 1.79 bits per heavy atom. The molecule has 0 amide bonds. The van der Waals surface area contributed by atoms with Crippen molar-refractivity contribution in [1.82, 2.24) is 0 Å². The Morgan fingerprint density at radius 1 is 0.947 bits per heavy atom. The maximum atomic E-state index is 6.10. The maximum Gasteiger partial charge on any atom is 0.407 e. The zero-order valence-electron chi connectivity index (χ0n) is 11.1. The Kier molecular flexibility index (Phi) is 4.68. The van der Waals surface area contributed by atoms with Crippen LogP contribution in [-0.4, -0.2) is 22.3 Å². The largest absolute Gasteiger partial charge is 0.407 e. The Bertz CT molecular complexity index is 471. The lowest BCUT2D eigenvalue weighted by atomic mass is 10.4. The lowest BCUT2D eigenvalue weighted by Gasteiger charge is -2.29. The van der Waals surface area contributed by atoms with Crippen LogP contribution in [0.1, 0.15) is 0 Å². The highest BCUT2D eigenvalue weighted by atomic mass is 28.4. The van der Waals surface area contributed by atoms with Crippen LogP contribution >= 0.6 is 0 Å². The van der Waals surface area contributed by atoms with Crippen molar-refractivity contribution in [2.45, 2.75) is 0 Å². The molecule has 0 aliphatic heterocycles. The van der Waals surface area contributed by atoms with Crippen LogP contribution in [0.4, 0.5) is 0 Å². The lowest BCUT2D eigenvalue weighted by molar-refractivity contribution is 0.248. The molecule has 0 aliphatic rings. The van der Waals surface area contributed by atoms with Crippen LogP contribution in [0, 0.1) is 0 Å². The second-order valence-electron chi connectivity index (χ2n) is 4.15. The topological polar surface area (TPSA) is 18.5 Å². The zero-order valence-corrected chi connectivity index (χ0v) is 12.1. The number of rotatable bonds is 6. The number of hydrogen-bond acceptors (Lipinski definition) is 2. The summed E-state index contributed by atoms with van der Waals surface area (Å²) >= 11 is 0. The monoisotopic (exact) mass is 270 g/mol. The molecular formula is C16H18O2Si. The second kappa shape index (κ2) is 6.47. The molecule has 0 spiro atoms. The Labute approximate surface area is 115 Å². The van der Waals surface area contributed by atoms with Crippen LogP contribution < -0.4 is 10.4 Å². The molecule has 0 atom stereocenters. The molecular weight excluding hydrogens is 252 g/mol. The molecule has 0 saturated carbocycles. The normalized spacial score (nSPS) is 11.2. The van der Waals surface area contributed by atoms with Gasteiger partial charge in [-0.2, -0.15) is 0 Å². The van der Waals surface area contributed by atoms with E-state index in [1.165, 1.54) is 0 Å². The number of benzene rings is 2. The molecule has 98 valence electrons. The van der Waals surface area contributed by atoms with Gasteiger partial charge < -0.3 is 8.85 Å². The molecule has 0 aliphatic carbocycles. The van der Waals surface area contributed by atoms with Gasteiger partial charge in [-0.25, -0.2) is 0 Å². The van der Waals surface area contributed by atoms with E-state index in [1.54, 1.807) is 13.2 Å². The zero-order chi connectivity index (χ0) is 13.6. The van der Waals surface area contributed by atoms with Gasteiger partial charge in [0.2, 0.25) is 0 Å². The van der Waals surface area contributed by atoms with Crippen LogP contribution in [0.5, 0.6) is 0 Å². The van der Waals surface area contributed by atoms with Gasteiger partial charge in [-0.05, 0) is 10.4 Å². The molecule has 0 radical (unpaired) electrons. The van der Waals surface area contributed by atoms with E-state index in [1.807, 2.05) is 36.4 Å². The van der Waals surface area contributed by atoms with E-state index >= 15 is 0 Å². The van der Waals surface area contributed by atoms with E-state index in [0.717, 1.165) is 10.4 Å². The summed E-state index contributed by atoms with van der Waals surface area (Å²) in [4.78, 5) is 0. The van der Waals surface area contributed by atoms with Crippen LogP contribution in [0.25, 0.3) is 0 Å². The van der Waals surface area contributed by atoms with Crippen molar-refractivity contribution >= 4 is 18.9 Å². The third-order valence-corrected chi connectivity index (χ3v) is 6.33. The van der Waals surface area contributed by atoms with Gasteiger partial charge in [0.25, 0.3) is 0 Å². The van der Waals surface area contributed by atoms with Crippen molar-refractivity contribution in [3.63, 3.8) is 0 Å². The quantitative estimate of drug-likeness (QED) is 0.591. The van der Waals surface area contributed by atoms with Gasteiger partial charge >= 0.3 is 8.56 Å². The summed E-state index contributed by atoms with van der Waals surface area (Å²) in [6.45, 7) is 4.20. The van der Waals surface area contributed by atoms with E-state index in [-0.39, 0.29) is 0 Å². The first kappa shape index (κ1) is 13.7. The van der Waals surface area contributed by atoms with Crippen molar-refractivity contribution in [2.24, 2.45) is 0 Å². The van der Waals surface area contributed by atoms with Crippen LogP contribution in [0.2, 0.25) is 0 Å². The molecule has 19 heavy (non-hydrogen) atoms. The van der Waals surface area contributed by atoms with E-state index in [2.05, 4.69) is 30.8 Å². The van der Waals surface area contributed by atoms with Gasteiger partial charge in [-0.1, -0.05) is 66.7 Å². The highest BCUT2D eigenvalue weighted by Crippen LogP contribution is 2.08. The highest BCUT2D eigenvalue weighted by Gasteiger charge is 2.41. The molecule has 0 unspecified atom stereocenters. The second-order valence-corrected chi connectivity index (χ2v) is 7.24. The fourth-order valence-electron chi connectivity index (χ4n) is 2.12. The van der Waals surface area contributed by atoms with Gasteiger partial charge in [0.05, 0.1) is 6.61 Å². The molecule has 0 fully saturated rings. The molecule has 0 heterocycles. The summed E-state index contributed by atoms with van der Waals surface area (Å²) in [5, 5.41) is 2.20. The Morgan fingerprint density at radius 2 is 1.42 bits per heavy atom. The SMILES string of the molecule is C=CCO[Si](OC)(c1ccccc1)c1ccccc1. The van der Waals surface area contributed by atoms with E-state index in [0.29, 0.717) is 6.61 Å². The summed E-state index contributed by atoms with van der Waals surface area (Å²) in [5.74, 6) is 0. The minimum Gasteiger partial charge on any atom is -0.391 e. The summed E-state index contributed by atoms with van der Waals surface area (Å²) in [6, 6.07) is 20.3. The van der Waals surface area contributed by atoms with E-state index in [4.69, 9.17) is 8.85 Å². The molecule has 0 N–H and O–H groups in total. The fourth-order valence-corrected chi connectivity index (χ4v) is 4.99. The summed E-state index contributed by atoms with van der Waals surface area (Å²) in [6.07, 6.45) is 1.76. The van der Waals surface area contributed by atoms with Crippen molar-refractivity contribution in [1.29, 1.82) is 0 Å². The number of hydrogen-bond donors (Lipinski definition) is 0. The first-order chi connectivity index (χ1) is 9.33. The summed E-state index contributed by atoms with van der Waals surface area (Å²) in [7, 11) is -0.896. The third kappa shape index (κ3) is 2.84. The lowest BCUT2D eigenvalue weighted by Crippen LogP contribution is -2.62. The molecule has 0 bridgehead atoms. The summed E-state index contributed by atoms with van der Waals surface area (Å²) < 4.78 is 12.0.